The highest BCUT2D eigenvalue weighted by molar-refractivity contribution is 6.38. The van der Waals surface area contributed by atoms with Crippen molar-refractivity contribution in [2.24, 2.45) is 0 Å². The maximum absolute atomic E-state index is 2.54. The van der Waals surface area contributed by atoms with Crippen LogP contribution in [0.5, 0.6) is 0 Å². The van der Waals surface area contributed by atoms with E-state index in [2.05, 4.69) is 175 Å². The van der Waals surface area contributed by atoms with Crippen LogP contribution >= 0.6 is 0 Å². The molecule has 0 saturated heterocycles. The summed E-state index contributed by atoms with van der Waals surface area (Å²) in [6.45, 7) is 14.1. The molecule has 51 heavy (non-hydrogen) atoms. The molecule has 0 atom stereocenters. The van der Waals surface area contributed by atoms with E-state index in [0.29, 0.717) is 0 Å². The van der Waals surface area contributed by atoms with Crippen LogP contribution < -0.4 is 0 Å². The lowest BCUT2D eigenvalue weighted by atomic mass is 9.80. The molecule has 0 spiro atoms. The molecule has 6 aromatic carbocycles. The monoisotopic (exact) mass is 654 g/mol. The first-order valence-electron chi connectivity index (χ1n) is 18.5. The maximum atomic E-state index is 2.54. The lowest BCUT2D eigenvalue weighted by Crippen LogP contribution is -2.13. The summed E-state index contributed by atoms with van der Waals surface area (Å²) in [6, 6.07) is 46.1. The predicted octanol–water partition coefficient (Wildman–Crippen LogP) is 13.6. The lowest BCUT2D eigenvalue weighted by Gasteiger charge is -2.24. The van der Waals surface area contributed by atoms with Crippen molar-refractivity contribution in [3.8, 4) is 0 Å². The van der Waals surface area contributed by atoms with Crippen LogP contribution in [0.4, 0.5) is 0 Å². The minimum absolute atomic E-state index is 0.00493. The fourth-order valence-electron chi connectivity index (χ4n) is 9.01. The van der Waals surface area contributed by atoms with Gasteiger partial charge in [0.25, 0.3) is 0 Å². The van der Waals surface area contributed by atoms with Crippen molar-refractivity contribution in [3.05, 3.63) is 189 Å². The van der Waals surface area contributed by atoms with E-state index in [1.165, 1.54) is 111 Å². The van der Waals surface area contributed by atoms with Gasteiger partial charge in [-0.15, -0.1) is 0 Å². The van der Waals surface area contributed by atoms with Crippen molar-refractivity contribution < 1.29 is 0 Å². The number of hydrogen-bond donors (Lipinski definition) is 0. The Morgan fingerprint density at radius 3 is 1.73 bits per heavy atom. The summed E-state index contributed by atoms with van der Waals surface area (Å²) < 4.78 is 0. The Hall–Kier alpha value is -5.46. The van der Waals surface area contributed by atoms with Gasteiger partial charge < -0.3 is 0 Å². The molecule has 0 radical (unpaired) electrons. The van der Waals surface area contributed by atoms with Crippen molar-refractivity contribution in [3.63, 3.8) is 0 Å². The van der Waals surface area contributed by atoms with Crippen LogP contribution in [0.15, 0.2) is 145 Å². The lowest BCUT2D eigenvalue weighted by molar-refractivity contribution is 0.589. The second-order valence-electron chi connectivity index (χ2n) is 17.0. The molecule has 246 valence electrons. The van der Waals surface area contributed by atoms with Gasteiger partial charge in [-0.25, -0.2) is 0 Å². The highest BCUT2D eigenvalue weighted by Crippen LogP contribution is 2.62. The highest BCUT2D eigenvalue weighted by Gasteiger charge is 2.40. The first kappa shape index (κ1) is 30.4. The molecule has 0 amide bonds. The zero-order chi connectivity index (χ0) is 34.8. The summed E-state index contributed by atoms with van der Waals surface area (Å²) in [6.07, 6.45) is 5.91. The molecule has 0 aromatic heterocycles. The van der Waals surface area contributed by atoms with Crippen molar-refractivity contribution in [2.75, 3.05) is 0 Å². The minimum Gasteiger partial charge on any atom is -0.0622 e. The molecule has 10 rings (SSSR count). The van der Waals surface area contributed by atoms with E-state index in [1.807, 2.05) is 0 Å². The smallest absolute Gasteiger partial charge is 0.000660 e. The molecule has 0 saturated carbocycles. The van der Waals surface area contributed by atoms with Crippen molar-refractivity contribution >= 4 is 55.0 Å². The average molecular weight is 655 g/mol. The topological polar surface area (TPSA) is 0 Å². The first-order chi connectivity index (χ1) is 24.5. The normalized spacial score (nSPS) is 16.4. The summed E-state index contributed by atoms with van der Waals surface area (Å²) in [4.78, 5) is 0. The predicted molar refractivity (Wildman–Crippen MR) is 219 cm³/mol. The first-order valence-corrected chi connectivity index (χ1v) is 18.5. The van der Waals surface area contributed by atoms with Gasteiger partial charge in [0.05, 0.1) is 0 Å². The number of hydrogen-bond acceptors (Lipinski definition) is 0. The van der Waals surface area contributed by atoms with Crippen molar-refractivity contribution in [1.29, 1.82) is 0 Å². The van der Waals surface area contributed by atoms with E-state index in [1.54, 1.807) is 0 Å². The van der Waals surface area contributed by atoms with Gasteiger partial charge in [-0.05, 0) is 152 Å². The molecule has 0 aliphatic heterocycles. The third kappa shape index (κ3) is 4.52. The van der Waals surface area contributed by atoms with E-state index in [0.717, 1.165) is 6.42 Å². The van der Waals surface area contributed by atoms with Crippen molar-refractivity contribution in [1.82, 2.24) is 0 Å². The Morgan fingerprint density at radius 1 is 0.431 bits per heavy atom. The zero-order valence-electron chi connectivity index (χ0n) is 30.4. The summed E-state index contributed by atoms with van der Waals surface area (Å²) >= 11 is 0. The Balaban J connectivity index is 1.38. The van der Waals surface area contributed by atoms with Crippen LogP contribution in [0, 0.1) is 0 Å². The molecule has 2 bridgehead atoms. The summed E-state index contributed by atoms with van der Waals surface area (Å²) in [5.41, 5.74) is 21.9. The van der Waals surface area contributed by atoms with Crippen LogP contribution in [0.1, 0.15) is 92.5 Å². The van der Waals surface area contributed by atoms with Gasteiger partial charge in [0.15, 0.2) is 0 Å². The number of allylic oxidation sites excluding steroid dienone is 10. The second kappa shape index (κ2) is 10.5. The van der Waals surface area contributed by atoms with Gasteiger partial charge in [0.2, 0.25) is 0 Å². The van der Waals surface area contributed by atoms with E-state index in [-0.39, 0.29) is 10.8 Å². The largest absolute Gasteiger partial charge is 0.0622 e. The minimum atomic E-state index is 0.00493. The number of benzene rings is 6. The van der Waals surface area contributed by atoms with Gasteiger partial charge in [0.1, 0.15) is 0 Å². The standard InChI is InChI=1S/C51H42/c1-50(2,3)37-24-36-25-38(51(4,5)6)29-44-46(36)43(28-37)48-45(31-15-8-7-9-16-31)35-23-34(33-21-20-30-14-10-11-17-32(30)22-33)26-41-39-18-12-13-19-40(39)47(49(44)48)42(41)27-35/h7-26,28-29H,27H2,1-6H3. The number of rotatable bonds is 2. The van der Waals surface area contributed by atoms with E-state index < -0.39 is 0 Å². The van der Waals surface area contributed by atoms with Crippen LogP contribution in [0.25, 0.3) is 55.0 Å². The summed E-state index contributed by atoms with van der Waals surface area (Å²) in [7, 11) is 0. The average Bonchev–Trinajstić information content (AvgIpc) is 3.42. The Morgan fingerprint density at radius 2 is 1.04 bits per heavy atom. The van der Waals surface area contributed by atoms with Gasteiger partial charge in [0, 0.05) is 0 Å². The highest BCUT2D eigenvalue weighted by atomic mass is 14.4. The van der Waals surface area contributed by atoms with Crippen molar-refractivity contribution in [2.45, 2.75) is 58.8 Å². The molecule has 6 aromatic rings. The van der Waals surface area contributed by atoms with Gasteiger partial charge in [-0.1, -0.05) is 151 Å². The van der Waals surface area contributed by atoms with Gasteiger partial charge in [-0.3, -0.25) is 0 Å². The molecular weight excluding hydrogens is 613 g/mol. The Kier molecular flexibility index (Phi) is 6.27. The zero-order valence-corrected chi connectivity index (χ0v) is 30.4. The molecule has 0 N–H and O–H groups in total. The molecule has 0 heteroatoms. The maximum Gasteiger partial charge on any atom is -0.000660 e. The molecule has 0 heterocycles. The fraction of sp³-hybridized carbons (Fsp3) is 0.176. The van der Waals surface area contributed by atoms with E-state index in [9.17, 15) is 0 Å². The second-order valence-corrected chi connectivity index (χ2v) is 17.0. The van der Waals surface area contributed by atoms with Crippen LogP contribution in [-0.4, -0.2) is 0 Å². The SMILES string of the molecule is CC(C)(C)c1cc2c3c(cc(C(C)(C)C)cc3c1)C1=C2C(c2ccccc2)=C2C=C(c3ccc4ccccc4c3)C=C3C(=C1c1ccccc13)C2. The van der Waals surface area contributed by atoms with E-state index in [4.69, 9.17) is 0 Å². The van der Waals surface area contributed by atoms with Crippen LogP contribution in [-0.2, 0) is 10.8 Å². The van der Waals surface area contributed by atoms with Gasteiger partial charge >= 0.3 is 0 Å². The molecule has 0 unspecified atom stereocenters. The molecule has 0 nitrogen and oxygen atoms in total. The molecule has 0 fully saturated rings. The van der Waals surface area contributed by atoms with Gasteiger partial charge in [-0.2, -0.15) is 0 Å². The van der Waals surface area contributed by atoms with Crippen LogP contribution in [0.3, 0.4) is 0 Å². The Bertz CT molecular complexity index is 2680. The Labute approximate surface area is 301 Å². The quantitative estimate of drug-likeness (QED) is 0.174. The third-order valence-electron chi connectivity index (χ3n) is 11.6. The summed E-state index contributed by atoms with van der Waals surface area (Å²) in [5.74, 6) is 0. The fourth-order valence-corrected chi connectivity index (χ4v) is 9.01. The summed E-state index contributed by atoms with van der Waals surface area (Å²) in [5, 5.41) is 5.30. The van der Waals surface area contributed by atoms with E-state index >= 15 is 0 Å². The number of fused-ring (bicyclic) bond motifs is 8. The molecule has 4 aliphatic carbocycles. The van der Waals surface area contributed by atoms with Crippen LogP contribution in [0.2, 0.25) is 0 Å². The molecule has 4 aliphatic rings. The molecular formula is C51H42. The third-order valence-corrected chi connectivity index (χ3v) is 11.6.